The molecule has 10 heavy (non-hydrogen) atoms. The molecule has 0 saturated heterocycles. The molecular weight excluding hydrogens is 126 g/mol. The van der Waals surface area contributed by atoms with Crippen LogP contribution in [0.4, 0.5) is 0 Å². The van der Waals surface area contributed by atoms with E-state index in [2.05, 4.69) is 6.58 Å². The Morgan fingerprint density at radius 1 is 1.60 bits per heavy atom. The van der Waals surface area contributed by atoms with Crippen molar-refractivity contribution >= 4 is 5.91 Å². The summed E-state index contributed by atoms with van der Waals surface area (Å²) in [7, 11) is 1.68. The number of hydrogen-bond acceptors (Lipinski definition) is 1. The van der Waals surface area contributed by atoms with E-state index >= 15 is 0 Å². The minimum Gasteiger partial charge on any atom is -0.319 e. The molecular formula is C8H13NO. The first-order valence-electron chi connectivity index (χ1n) is 3.16. The van der Waals surface area contributed by atoms with Crippen LogP contribution in [0, 0.1) is 0 Å². The van der Waals surface area contributed by atoms with Crippen LogP contribution in [0.2, 0.25) is 0 Å². The zero-order valence-corrected chi connectivity index (χ0v) is 6.72. The maximum Gasteiger partial charge on any atom is 0.252 e. The number of nitrogens with zero attached hydrogens (tertiary/aromatic N) is 1. The number of allylic oxidation sites excluding steroid dienone is 1. The number of carbonyl (C=O) groups excluding carboxylic acids is 1. The van der Waals surface area contributed by atoms with E-state index in [1.54, 1.807) is 20.0 Å². The first kappa shape index (κ1) is 8.95. The molecule has 0 aliphatic rings. The van der Waals surface area contributed by atoms with Gasteiger partial charge in [0, 0.05) is 12.6 Å². The maximum absolute atomic E-state index is 11.1. The minimum atomic E-state index is -0.00231. The van der Waals surface area contributed by atoms with E-state index in [-0.39, 0.29) is 5.91 Å². The van der Waals surface area contributed by atoms with Crippen LogP contribution in [0.25, 0.3) is 0 Å². The summed E-state index contributed by atoms with van der Waals surface area (Å²) >= 11 is 0. The Labute approximate surface area is 61.8 Å². The molecule has 2 heteroatoms. The molecule has 56 valence electrons. The normalized spacial score (nSPS) is 10.9. The lowest BCUT2D eigenvalue weighted by Gasteiger charge is -2.10. The predicted molar refractivity (Wildman–Crippen MR) is 42.4 cm³/mol. The zero-order valence-electron chi connectivity index (χ0n) is 6.72. The lowest BCUT2D eigenvalue weighted by molar-refractivity contribution is -0.123. The van der Waals surface area contributed by atoms with Crippen LogP contribution in [0.3, 0.4) is 0 Å². The fraction of sp³-hybridized carbons (Fsp3) is 0.375. The molecule has 0 radical (unpaired) electrons. The molecule has 0 rings (SSSR count). The summed E-state index contributed by atoms with van der Waals surface area (Å²) in [6.45, 7) is 7.09. The van der Waals surface area contributed by atoms with Crippen molar-refractivity contribution in [3.05, 3.63) is 24.4 Å². The largest absolute Gasteiger partial charge is 0.319 e. The number of hydrogen-bond donors (Lipinski definition) is 0. The van der Waals surface area contributed by atoms with Gasteiger partial charge in [0.05, 0.1) is 0 Å². The van der Waals surface area contributed by atoms with Crippen LogP contribution in [0.1, 0.15) is 13.8 Å². The fourth-order valence-corrected chi connectivity index (χ4v) is 0.485. The first-order valence-corrected chi connectivity index (χ1v) is 3.16. The molecule has 0 saturated carbocycles. The quantitative estimate of drug-likeness (QED) is 0.531. The Balaban J connectivity index is 4.22. The second-order valence-corrected chi connectivity index (χ2v) is 2.07. The van der Waals surface area contributed by atoms with Gasteiger partial charge >= 0.3 is 0 Å². The summed E-state index contributed by atoms with van der Waals surface area (Å²) in [5.41, 5.74) is 0.738. The average Bonchev–Trinajstić information content (AvgIpc) is 2.00. The van der Waals surface area contributed by atoms with Gasteiger partial charge in [-0.1, -0.05) is 12.7 Å². The Hall–Kier alpha value is -1.05. The van der Waals surface area contributed by atoms with Gasteiger partial charge < -0.3 is 4.90 Å². The van der Waals surface area contributed by atoms with Gasteiger partial charge in [0.25, 0.3) is 5.91 Å². The van der Waals surface area contributed by atoms with Crippen molar-refractivity contribution < 1.29 is 4.79 Å². The van der Waals surface area contributed by atoms with Gasteiger partial charge in [-0.2, -0.15) is 0 Å². The molecule has 0 spiro atoms. The highest BCUT2D eigenvalue weighted by Gasteiger charge is 2.04. The highest BCUT2D eigenvalue weighted by Crippen LogP contribution is 1.97. The SMILES string of the molecule is C=CN(C)C(=O)/C(C)=C\C. The first-order chi connectivity index (χ1) is 4.63. The van der Waals surface area contributed by atoms with Crippen LogP contribution < -0.4 is 0 Å². The van der Waals surface area contributed by atoms with Gasteiger partial charge in [0.2, 0.25) is 0 Å². The van der Waals surface area contributed by atoms with Gasteiger partial charge in [-0.25, -0.2) is 0 Å². The van der Waals surface area contributed by atoms with E-state index < -0.39 is 0 Å². The van der Waals surface area contributed by atoms with Crippen molar-refractivity contribution in [2.24, 2.45) is 0 Å². The molecule has 0 fully saturated rings. The third-order valence-electron chi connectivity index (χ3n) is 1.36. The van der Waals surface area contributed by atoms with E-state index in [0.717, 1.165) is 5.57 Å². The van der Waals surface area contributed by atoms with E-state index in [4.69, 9.17) is 0 Å². The molecule has 0 aromatic heterocycles. The van der Waals surface area contributed by atoms with Crippen molar-refractivity contribution in [1.82, 2.24) is 4.90 Å². The van der Waals surface area contributed by atoms with Crippen LogP contribution in [0.15, 0.2) is 24.4 Å². The molecule has 0 aliphatic heterocycles. The second kappa shape index (κ2) is 3.88. The summed E-state index contributed by atoms with van der Waals surface area (Å²) in [4.78, 5) is 12.5. The van der Waals surface area contributed by atoms with Crippen molar-refractivity contribution in [3.63, 3.8) is 0 Å². The average molecular weight is 139 g/mol. The Morgan fingerprint density at radius 2 is 2.10 bits per heavy atom. The Bertz CT molecular complexity index is 170. The highest BCUT2D eigenvalue weighted by atomic mass is 16.2. The molecule has 0 bridgehead atoms. The molecule has 0 aromatic rings. The van der Waals surface area contributed by atoms with Crippen LogP contribution in [0.5, 0.6) is 0 Å². The summed E-state index contributed by atoms with van der Waals surface area (Å²) in [6.07, 6.45) is 3.28. The summed E-state index contributed by atoms with van der Waals surface area (Å²) in [5.74, 6) is -0.00231. The zero-order chi connectivity index (χ0) is 8.15. The van der Waals surface area contributed by atoms with Gasteiger partial charge in [0.15, 0.2) is 0 Å². The van der Waals surface area contributed by atoms with Crippen molar-refractivity contribution in [2.45, 2.75) is 13.8 Å². The van der Waals surface area contributed by atoms with E-state index in [1.165, 1.54) is 11.1 Å². The lowest BCUT2D eigenvalue weighted by Crippen LogP contribution is -2.20. The molecule has 1 amide bonds. The number of rotatable bonds is 2. The standard InChI is InChI=1S/C8H13NO/c1-5-7(3)8(10)9(4)6-2/h5-6H,2H2,1,3-4H3/b7-5-. The van der Waals surface area contributed by atoms with Crippen LogP contribution >= 0.6 is 0 Å². The smallest absolute Gasteiger partial charge is 0.252 e. The Kier molecular flexibility index (Phi) is 3.47. The van der Waals surface area contributed by atoms with Crippen molar-refractivity contribution in [1.29, 1.82) is 0 Å². The molecule has 0 heterocycles. The lowest BCUT2D eigenvalue weighted by atomic mass is 10.2. The second-order valence-electron chi connectivity index (χ2n) is 2.07. The van der Waals surface area contributed by atoms with Gasteiger partial charge in [-0.05, 0) is 20.0 Å². The number of likely N-dealkylation sites (N-methyl/N-ethyl adjacent to an activating group) is 1. The van der Waals surface area contributed by atoms with Gasteiger partial charge in [0.1, 0.15) is 0 Å². The highest BCUT2D eigenvalue weighted by molar-refractivity contribution is 5.93. The van der Waals surface area contributed by atoms with Crippen LogP contribution in [-0.2, 0) is 4.79 Å². The van der Waals surface area contributed by atoms with Gasteiger partial charge in [-0.3, -0.25) is 4.79 Å². The van der Waals surface area contributed by atoms with Crippen molar-refractivity contribution in [3.8, 4) is 0 Å². The fourth-order valence-electron chi connectivity index (χ4n) is 0.485. The van der Waals surface area contributed by atoms with E-state index in [1.807, 2.05) is 6.92 Å². The predicted octanol–water partition coefficient (Wildman–Crippen LogP) is 1.55. The molecule has 0 atom stereocenters. The van der Waals surface area contributed by atoms with Gasteiger partial charge in [-0.15, -0.1) is 0 Å². The molecule has 0 aliphatic carbocycles. The third kappa shape index (κ3) is 2.05. The molecule has 0 aromatic carbocycles. The maximum atomic E-state index is 11.1. The third-order valence-corrected chi connectivity index (χ3v) is 1.36. The summed E-state index contributed by atoms with van der Waals surface area (Å²) in [6, 6.07) is 0. The van der Waals surface area contributed by atoms with E-state index in [0.29, 0.717) is 0 Å². The number of carbonyl (C=O) groups is 1. The minimum absolute atomic E-state index is 0.00231. The van der Waals surface area contributed by atoms with Crippen molar-refractivity contribution in [2.75, 3.05) is 7.05 Å². The van der Waals surface area contributed by atoms with Crippen LogP contribution in [-0.4, -0.2) is 17.9 Å². The summed E-state index contributed by atoms with van der Waals surface area (Å²) in [5, 5.41) is 0. The summed E-state index contributed by atoms with van der Waals surface area (Å²) < 4.78 is 0. The Morgan fingerprint density at radius 3 is 2.40 bits per heavy atom. The molecule has 2 nitrogen and oxygen atoms in total. The topological polar surface area (TPSA) is 20.3 Å². The molecule has 0 N–H and O–H groups in total. The van der Waals surface area contributed by atoms with E-state index in [9.17, 15) is 4.79 Å². The monoisotopic (exact) mass is 139 g/mol. The molecule has 0 unspecified atom stereocenters. The number of amides is 1.